The van der Waals surface area contributed by atoms with Crippen LogP contribution in [0, 0.1) is 0 Å². The molecule has 1 saturated heterocycles. The van der Waals surface area contributed by atoms with Crippen molar-refractivity contribution in [3.05, 3.63) is 29.8 Å². The molecule has 1 N–H and O–H groups in total. The van der Waals surface area contributed by atoms with E-state index in [1.54, 1.807) is 11.8 Å². The molecule has 0 spiro atoms. The number of hydrogen-bond acceptors (Lipinski definition) is 3. The van der Waals surface area contributed by atoms with Gasteiger partial charge in [0.2, 0.25) is 0 Å². The summed E-state index contributed by atoms with van der Waals surface area (Å²) in [5.74, 6) is 0. The molecule has 104 valence electrons. The number of halogens is 2. The number of hydrogen-bond donors (Lipinski definition) is 1. The molecule has 0 amide bonds. The van der Waals surface area contributed by atoms with Gasteiger partial charge < -0.3 is 5.32 Å². The Hall–Kier alpha value is 0.0700. The number of nitrogens with one attached hydrogen (secondary N) is 1. The molecular weight excluding hydrogens is 287 g/mol. The monoisotopic (exact) mass is 308 g/mol. The minimum atomic E-state index is 0. The van der Waals surface area contributed by atoms with Crippen molar-refractivity contribution < 1.29 is 0 Å². The van der Waals surface area contributed by atoms with Crippen molar-refractivity contribution in [3.8, 4) is 0 Å². The second kappa shape index (κ2) is 9.05. The van der Waals surface area contributed by atoms with E-state index in [2.05, 4.69) is 47.7 Å². The van der Waals surface area contributed by atoms with Gasteiger partial charge in [-0.05, 0) is 30.9 Å². The molecule has 1 aromatic carbocycles. The van der Waals surface area contributed by atoms with Gasteiger partial charge in [0.15, 0.2) is 0 Å². The fourth-order valence-electron chi connectivity index (χ4n) is 2.16. The van der Waals surface area contributed by atoms with E-state index >= 15 is 0 Å². The highest BCUT2D eigenvalue weighted by atomic mass is 35.5. The zero-order valence-electron chi connectivity index (χ0n) is 10.9. The second-order valence-corrected chi connectivity index (χ2v) is 5.11. The molecular formula is C13H22Cl2N2S. The first kappa shape index (κ1) is 18.1. The Morgan fingerprint density at radius 1 is 1.11 bits per heavy atom. The molecule has 5 heteroatoms. The van der Waals surface area contributed by atoms with Gasteiger partial charge in [-0.15, -0.1) is 36.6 Å². The van der Waals surface area contributed by atoms with E-state index < -0.39 is 0 Å². The smallest absolute Gasteiger partial charge is 0.0320 e. The molecule has 0 aliphatic carbocycles. The molecule has 0 bridgehead atoms. The van der Waals surface area contributed by atoms with Gasteiger partial charge in [0.05, 0.1) is 0 Å². The Kier molecular flexibility index (Phi) is 9.09. The van der Waals surface area contributed by atoms with Crippen LogP contribution in [0.5, 0.6) is 0 Å². The Balaban J connectivity index is 0.00000144. The fraction of sp³-hybridized carbons (Fsp3) is 0.538. The number of thioether (sulfide) groups is 1. The van der Waals surface area contributed by atoms with Crippen LogP contribution in [0.4, 0.5) is 0 Å². The highest BCUT2D eigenvalue weighted by molar-refractivity contribution is 7.98. The second-order valence-electron chi connectivity index (χ2n) is 4.24. The Morgan fingerprint density at radius 3 is 2.17 bits per heavy atom. The fourth-order valence-corrected chi connectivity index (χ4v) is 2.57. The minimum Gasteiger partial charge on any atom is -0.314 e. The third-order valence-electron chi connectivity index (χ3n) is 3.30. The number of benzene rings is 1. The molecule has 1 atom stereocenters. The van der Waals surface area contributed by atoms with Crippen LogP contribution in [-0.4, -0.2) is 37.3 Å². The lowest BCUT2D eigenvalue weighted by Gasteiger charge is -2.33. The van der Waals surface area contributed by atoms with Crippen LogP contribution in [0.1, 0.15) is 18.5 Å². The molecule has 2 nitrogen and oxygen atoms in total. The summed E-state index contributed by atoms with van der Waals surface area (Å²) in [7, 11) is 0. The molecule has 18 heavy (non-hydrogen) atoms. The molecule has 0 saturated carbocycles. The van der Waals surface area contributed by atoms with E-state index in [0.717, 1.165) is 26.2 Å². The van der Waals surface area contributed by atoms with Crippen LogP contribution in [0.15, 0.2) is 29.2 Å². The van der Waals surface area contributed by atoms with E-state index in [1.807, 2.05) is 0 Å². The SMILES string of the molecule is CSc1ccc([C@H](C)N2CCNCC2)cc1.Cl.Cl. The Morgan fingerprint density at radius 2 is 1.67 bits per heavy atom. The predicted molar refractivity (Wildman–Crippen MR) is 85.6 cm³/mol. The van der Waals surface area contributed by atoms with Gasteiger partial charge in [-0.3, -0.25) is 4.90 Å². The van der Waals surface area contributed by atoms with Crippen molar-refractivity contribution in [3.63, 3.8) is 0 Å². The van der Waals surface area contributed by atoms with Crippen molar-refractivity contribution in [2.24, 2.45) is 0 Å². The van der Waals surface area contributed by atoms with E-state index in [1.165, 1.54) is 10.5 Å². The first-order valence-electron chi connectivity index (χ1n) is 5.90. The van der Waals surface area contributed by atoms with Crippen molar-refractivity contribution in [1.82, 2.24) is 10.2 Å². The van der Waals surface area contributed by atoms with Crippen molar-refractivity contribution >= 4 is 36.6 Å². The summed E-state index contributed by atoms with van der Waals surface area (Å²) in [4.78, 5) is 3.89. The van der Waals surface area contributed by atoms with Gasteiger partial charge >= 0.3 is 0 Å². The van der Waals surface area contributed by atoms with E-state index in [4.69, 9.17) is 0 Å². The summed E-state index contributed by atoms with van der Waals surface area (Å²) in [5, 5.41) is 3.39. The maximum Gasteiger partial charge on any atom is 0.0320 e. The summed E-state index contributed by atoms with van der Waals surface area (Å²) in [5.41, 5.74) is 1.43. The van der Waals surface area contributed by atoms with Gasteiger partial charge in [-0.1, -0.05) is 12.1 Å². The molecule has 1 aromatic rings. The summed E-state index contributed by atoms with van der Waals surface area (Å²) < 4.78 is 0. The summed E-state index contributed by atoms with van der Waals surface area (Å²) in [6.07, 6.45) is 2.12. The quantitative estimate of drug-likeness (QED) is 0.863. The Bertz CT molecular complexity index is 326. The molecule has 1 heterocycles. The summed E-state index contributed by atoms with van der Waals surface area (Å²) >= 11 is 1.80. The highest BCUT2D eigenvalue weighted by Gasteiger charge is 2.17. The maximum absolute atomic E-state index is 3.39. The highest BCUT2D eigenvalue weighted by Crippen LogP contribution is 2.23. The van der Waals surface area contributed by atoms with E-state index in [0.29, 0.717) is 6.04 Å². The summed E-state index contributed by atoms with van der Waals surface area (Å²) in [6.45, 7) is 6.86. The van der Waals surface area contributed by atoms with Gasteiger partial charge in [0, 0.05) is 37.1 Å². The van der Waals surface area contributed by atoms with Gasteiger partial charge in [-0.2, -0.15) is 0 Å². The standard InChI is InChI=1S/C13H20N2S.2ClH/c1-11(15-9-7-14-8-10-15)12-3-5-13(16-2)6-4-12;;/h3-6,11,14H,7-10H2,1-2H3;2*1H/t11-;;/m0../s1. The van der Waals surface area contributed by atoms with E-state index in [9.17, 15) is 0 Å². The van der Waals surface area contributed by atoms with Crippen LogP contribution in [0.25, 0.3) is 0 Å². The number of piperazine rings is 1. The van der Waals surface area contributed by atoms with Crippen LogP contribution >= 0.6 is 36.6 Å². The molecule has 0 aromatic heterocycles. The van der Waals surface area contributed by atoms with Gasteiger partial charge in [-0.25, -0.2) is 0 Å². The molecule has 1 aliphatic rings. The van der Waals surface area contributed by atoms with Crippen molar-refractivity contribution in [2.75, 3.05) is 32.4 Å². The maximum atomic E-state index is 3.39. The average Bonchev–Trinajstić information content (AvgIpc) is 2.39. The van der Waals surface area contributed by atoms with Crippen LogP contribution in [0.3, 0.4) is 0 Å². The predicted octanol–water partition coefficient (Wildman–Crippen LogP) is 3.22. The Labute approximate surface area is 127 Å². The third-order valence-corrected chi connectivity index (χ3v) is 4.04. The van der Waals surface area contributed by atoms with Crippen LogP contribution in [-0.2, 0) is 0 Å². The van der Waals surface area contributed by atoms with Crippen molar-refractivity contribution in [2.45, 2.75) is 17.9 Å². The molecule has 0 radical (unpaired) electrons. The normalized spacial score (nSPS) is 17.4. The van der Waals surface area contributed by atoms with E-state index in [-0.39, 0.29) is 24.8 Å². The molecule has 1 aliphatic heterocycles. The number of rotatable bonds is 3. The van der Waals surface area contributed by atoms with Crippen LogP contribution < -0.4 is 5.32 Å². The molecule has 0 unspecified atom stereocenters. The first-order valence-corrected chi connectivity index (χ1v) is 7.12. The third kappa shape index (κ3) is 4.63. The van der Waals surface area contributed by atoms with Gasteiger partial charge in [0.25, 0.3) is 0 Å². The lowest BCUT2D eigenvalue weighted by Crippen LogP contribution is -2.44. The molecule has 1 fully saturated rings. The van der Waals surface area contributed by atoms with Crippen LogP contribution in [0.2, 0.25) is 0 Å². The minimum absolute atomic E-state index is 0. The lowest BCUT2D eigenvalue weighted by atomic mass is 10.1. The van der Waals surface area contributed by atoms with Gasteiger partial charge in [0.1, 0.15) is 0 Å². The average molecular weight is 309 g/mol. The zero-order valence-corrected chi connectivity index (χ0v) is 13.3. The van der Waals surface area contributed by atoms with Crippen molar-refractivity contribution in [1.29, 1.82) is 0 Å². The number of nitrogens with zero attached hydrogens (tertiary/aromatic N) is 1. The zero-order chi connectivity index (χ0) is 11.4. The topological polar surface area (TPSA) is 15.3 Å². The summed E-state index contributed by atoms with van der Waals surface area (Å²) in [6, 6.07) is 9.51. The largest absolute Gasteiger partial charge is 0.314 e. The lowest BCUT2D eigenvalue weighted by molar-refractivity contribution is 0.185. The molecule has 2 rings (SSSR count). The first-order chi connectivity index (χ1) is 7.81.